The summed E-state index contributed by atoms with van der Waals surface area (Å²) in [6, 6.07) is 0. The average molecular weight is 336 g/mol. The van der Waals surface area contributed by atoms with E-state index < -0.39 is 5.97 Å². The summed E-state index contributed by atoms with van der Waals surface area (Å²) in [7, 11) is 0. The highest BCUT2D eigenvalue weighted by molar-refractivity contribution is 9.14. The Labute approximate surface area is 82.7 Å². The molecule has 0 aromatic rings. The topological polar surface area (TPSA) is 40.5 Å². The van der Waals surface area contributed by atoms with Crippen LogP contribution in [0.3, 0.4) is 0 Å². The van der Waals surface area contributed by atoms with Crippen molar-refractivity contribution in [1.82, 2.24) is 3.93 Å². The Bertz CT molecular complexity index is 215. The predicted molar refractivity (Wildman–Crippen MR) is 47.1 cm³/mol. The third kappa shape index (κ3) is 1.12. The molecule has 0 bridgehead atoms. The van der Waals surface area contributed by atoms with Crippen molar-refractivity contribution in [2.24, 2.45) is 0 Å². The molecule has 0 saturated heterocycles. The fourth-order valence-corrected chi connectivity index (χ4v) is 2.60. The highest BCUT2D eigenvalue weighted by Gasteiger charge is 2.37. The second-order valence-electron chi connectivity index (χ2n) is 1.65. The van der Waals surface area contributed by atoms with Gasteiger partial charge in [0.05, 0.1) is 20.6 Å². The highest BCUT2D eigenvalue weighted by atomic mass is 79.9. The van der Waals surface area contributed by atoms with E-state index in [2.05, 4.69) is 48.0 Å². The summed E-state index contributed by atoms with van der Waals surface area (Å²) < 4.78 is 2.09. The largest absolute Gasteiger partial charge is 0.477 e. The third-order valence-corrected chi connectivity index (χ3v) is 4.66. The first kappa shape index (κ1) is 8.55. The van der Waals surface area contributed by atoms with Gasteiger partial charge in [0.2, 0.25) is 0 Å². The molecule has 1 aliphatic heterocycles. The molecule has 1 N–H and O–H groups in total. The van der Waals surface area contributed by atoms with Gasteiger partial charge < -0.3 is 5.11 Å². The van der Waals surface area contributed by atoms with Gasteiger partial charge in [-0.2, -0.15) is 0 Å². The van der Waals surface area contributed by atoms with Crippen LogP contribution in [-0.4, -0.2) is 20.0 Å². The second-order valence-corrected chi connectivity index (χ2v) is 4.13. The zero-order valence-electron chi connectivity index (χ0n) is 4.51. The van der Waals surface area contributed by atoms with Crippen molar-refractivity contribution in [3.63, 3.8) is 0 Å². The molecule has 0 aromatic carbocycles. The van der Waals surface area contributed by atoms with Crippen LogP contribution in [0.2, 0.25) is 0 Å². The fourth-order valence-electron chi connectivity index (χ4n) is 0.555. The molecule has 1 rings (SSSR count). The van der Waals surface area contributed by atoms with E-state index in [0.29, 0.717) is 4.48 Å². The van der Waals surface area contributed by atoms with Crippen molar-refractivity contribution in [1.29, 1.82) is 0 Å². The quantitative estimate of drug-likeness (QED) is 0.453. The lowest BCUT2D eigenvalue weighted by molar-refractivity contribution is -0.134. The normalized spacial score (nSPS) is 24.7. The molecule has 0 fully saturated rings. The van der Waals surface area contributed by atoms with Crippen molar-refractivity contribution in [3.8, 4) is 0 Å². The number of hydrogen-bond acceptors (Lipinski definition) is 2. The number of rotatable bonds is 1. The number of hydrogen-bond donors (Lipinski definition) is 1. The zero-order chi connectivity index (χ0) is 7.89. The zero-order valence-corrected chi connectivity index (χ0v) is 9.27. The van der Waals surface area contributed by atoms with E-state index in [-0.39, 0.29) is 10.6 Å². The Hall–Kier alpha value is 0.450. The molecule has 0 radical (unpaired) electrons. The van der Waals surface area contributed by atoms with Gasteiger partial charge in [-0.05, 0) is 15.9 Å². The van der Waals surface area contributed by atoms with Crippen molar-refractivity contribution in [3.05, 3.63) is 10.2 Å². The second kappa shape index (κ2) is 2.83. The molecule has 0 amide bonds. The van der Waals surface area contributed by atoms with Crippen molar-refractivity contribution >= 4 is 54.0 Å². The first-order valence-electron chi connectivity index (χ1n) is 2.27. The smallest absolute Gasteiger partial charge is 0.354 e. The summed E-state index contributed by atoms with van der Waals surface area (Å²) in [4.78, 5) is 10.3. The van der Waals surface area contributed by atoms with Crippen molar-refractivity contribution < 1.29 is 9.90 Å². The molecule has 0 aliphatic carbocycles. The molecule has 0 spiro atoms. The SMILES string of the molecule is O=C(O)C1=C(Br)C(Br)N1Br. The average Bonchev–Trinajstić information content (AvgIpc) is 1.87. The first-order chi connectivity index (χ1) is 4.55. The minimum atomic E-state index is -0.945. The molecule has 56 valence electrons. The van der Waals surface area contributed by atoms with E-state index in [1.54, 1.807) is 0 Å². The summed E-state index contributed by atoms with van der Waals surface area (Å²) in [5.74, 6) is -0.945. The van der Waals surface area contributed by atoms with E-state index in [1.165, 1.54) is 3.93 Å². The predicted octanol–water partition coefficient (Wildman–Crippen LogP) is 2.02. The standard InChI is InChI=1S/C4H2Br3NO2/c5-1-2(4(9)10)8(7)3(1)6/h3H,(H,9,10). The molecule has 10 heavy (non-hydrogen) atoms. The Kier molecular flexibility index (Phi) is 2.42. The number of carboxylic acid groups (broad SMARTS) is 1. The van der Waals surface area contributed by atoms with Gasteiger partial charge in [0.1, 0.15) is 10.6 Å². The monoisotopic (exact) mass is 333 g/mol. The molecule has 6 heteroatoms. The van der Waals surface area contributed by atoms with E-state index >= 15 is 0 Å². The van der Waals surface area contributed by atoms with Gasteiger partial charge in [-0.25, -0.2) is 4.79 Å². The minimum absolute atomic E-state index is 0.0569. The van der Waals surface area contributed by atoms with Gasteiger partial charge in [-0.1, -0.05) is 15.9 Å². The van der Waals surface area contributed by atoms with Crippen LogP contribution < -0.4 is 0 Å². The van der Waals surface area contributed by atoms with Gasteiger partial charge in [0, 0.05) is 0 Å². The van der Waals surface area contributed by atoms with E-state index in [1.807, 2.05) is 0 Å². The first-order valence-corrected chi connectivity index (χ1v) is 4.69. The molecular weight excluding hydrogens is 334 g/mol. The highest BCUT2D eigenvalue weighted by Crippen LogP contribution is 2.41. The van der Waals surface area contributed by atoms with Crippen LogP contribution >= 0.6 is 48.0 Å². The molecule has 1 heterocycles. The summed E-state index contributed by atoms with van der Waals surface area (Å²) in [5.41, 5.74) is 0.238. The Morgan fingerprint density at radius 1 is 1.70 bits per heavy atom. The van der Waals surface area contributed by atoms with Gasteiger partial charge in [-0.15, -0.1) is 0 Å². The van der Waals surface area contributed by atoms with E-state index in [0.717, 1.165) is 0 Å². The van der Waals surface area contributed by atoms with Crippen LogP contribution in [0.15, 0.2) is 10.2 Å². The number of carbonyl (C=O) groups is 1. The van der Waals surface area contributed by atoms with Crippen molar-refractivity contribution in [2.45, 2.75) is 4.95 Å². The Morgan fingerprint density at radius 3 is 2.40 bits per heavy atom. The van der Waals surface area contributed by atoms with Gasteiger partial charge in [-0.3, -0.25) is 3.93 Å². The Morgan fingerprint density at radius 2 is 2.20 bits per heavy atom. The van der Waals surface area contributed by atoms with Gasteiger partial charge >= 0.3 is 5.97 Å². The van der Waals surface area contributed by atoms with Crippen LogP contribution in [0.4, 0.5) is 0 Å². The van der Waals surface area contributed by atoms with E-state index in [4.69, 9.17) is 5.11 Å². The van der Waals surface area contributed by atoms with Crippen LogP contribution in [0.5, 0.6) is 0 Å². The summed E-state index contributed by atoms with van der Waals surface area (Å²) >= 11 is 9.37. The number of halogens is 3. The van der Waals surface area contributed by atoms with Crippen molar-refractivity contribution in [2.75, 3.05) is 0 Å². The number of alkyl halides is 1. The lowest BCUT2D eigenvalue weighted by Crippen LogP contribution is -2.36. The van der Waals surface area contributed by atoms with Gasteiger partial charge in [0.25, 0.3) is 0 Å². The molecule has 1 atom stereocenters. The molecule has 3 nitrogen and oxygen atoms in total. The fraction of sp³-hybridized carbons (Fsp3) is 0.250. The molecular formula is C4H2Br3NO2. The Balaban J connectivity index is 2.88. The maximum Gasteiger partial charge on any atom is 0.354 e. The summed E-state index contributed by atoms with van der Waals surface area (Å²) in [6.07, 6.45) is 0. The maximum absolute atomic E-state index is 10.4. The number of nitrogens with zero attached hydrogens (tertiary/aromatic N) is 1. The summed E-state index contributed by atoms with van der Waals surface area (Å²) in [6.45, 7) is 0. The number of carboxylic acids is 1. The molecule has 0 aromatic heterocycles. The molecule has 1 unspecified atom stereocenters. The van der Waals surface area contributed by atoms with Crippen LogP contribution in [0.1, 0.15) is 0 Å². The van der Waals surface area contributed by atoms with Crippen LogP contribution in [-0.2, 0) is 4.79 Å². The molecule has 0 saturated carbocycles. The van der Waals surface area contributed by atoms with E-state index in [9.17, 15) is 4.79 Å². The lowest BCUT2D eigenvalue weighted by atomic mass is 10.3. The van der Waals surface area contributed by atoms with Gasteiger partial charge in [0.15, 0.2) is 0 Å². The molecule has 1 aliphatic rings. The summed E-state index contributed by atoms with van der Waals surface area (Å²) in [5, 5.41) is 8.51. The minimum Gasteiger partial charge on any atom is -0.477 e. The third-order valence-electron chi connectivity index (χ3n) is 1.05. The maximum atomic E-state index is 10.4. The lowest BCUT2D eigenvalue weighted by Gasteiger charge is -2.33. The van der Waals surface area contributed by atoms with Crippen LogP contribution in [0, 0.1) is 0 Å². The van der Waals surface area contributed by atoms with Crippen LogP contribution in [0.25, 0.3) is 0 Å². The number of aliphatic carboxylic acids is 1.